The molecule has 0 aliphatic carbocycles. The molecule has 2 aromatic carbocycles. The molecule has 1 aliphatic heterocycles. The molecule has 0 radical (unpaired) electrons. The van der Waals surface area contributed by atoms with Gasteiger partial charge < -0.3 is 19.8 Å². The average molecular weight is 495 g/mol. The Kier molecular flexibility index (Phi) is 9.01. The molecule has 1 aromatic heterocycles. The fourth-order valence-corrected chi connectivity index (χ4v) is 6.03. The summed E-state index contributed by atoms with van der Waals surface area (Å²) in [5.74, 6) is 1.38. The van der Waals surface area contributed by atoms with E-state index >= 15 is 0 Å². The van der Waals surface area contributed by atoms with Gasteiger partial charge in [0, 0.05) is 41.7 Å². The smallest absolute Gasteiger partial charge is 0.303 e. The maximum absolute atomic E-state index is 11.6. The molecule has 1 aliphatic rings. The monoisotopic (exact) mass is 494 g/mol. The predicted octanol–water partition coefficient (Wildman–Crippen LogP) is 5.26. The number of carbonyl (C=O) groups is 1. The first-order chi connectivity index (χ1) is 17.0. The maximum Gasteiger partial charge on any atom is 0.303 e. The topological polar surface area (TPSA) is 82.9 Å². The van der Waals surface area contributed by atoms with Crippen molar-refractivity contribution in [2.75, 3.05) is 32.5 Å². The molecule has 0 saturated carbocycles. The fourth-order valence-electron chi connectivity index (χ4n) is 5.10. The van der Waals surface area contributed by atoms with Gasteiger partial charge in [0.1, 0.15) is 5.75 Å². The fraction of sp³-hybridized carbons (Fsp3) is 0.429. The van der Waals surface area contributed by atoms with Gasteiger partial charge in [0.05, 0.1) is 18.7 Å². The van der Waals surface area contributed by atoms with E-state index < -0.39 is 12.1 Å². The van der Waals surface area contributed by atoms with E-state index in [1.807, 2.05) is 42.1 Å². The minimum Gasteiger partial charge on any atom is -0.497 e. The second-order valence-corrected chi connectivity index (χ2v) is 10.4. The van der Waals surface area contributed by atoms with Gasteiger partial charge in [-0.25, -0.2) is 0 Å². The number of methoxy groups -OCH3 is 1. The molecule has 1 fully saturated rings. The van der Waals surface area contributed by atoms with Crippen molar-refractivity contribution in [1.82, 2.24) is 9.88 Å². The molecule has 0 amide bonds. The highest BCUT2D eigenvalue weighted by Gasteiger charge is 2.31. The Bertz CT molecular complexity index is 1110. The second kappa shape index (κ2) is 12.4. The van der Waals surface area contributed by atoms with E-state index in [-0.39, 0.29) is 12.3 Å². The zero-order chi connectivity index (χ0) is 24.6. The molecule has 0 unspecified atom stereocenters. The number of ether oxygens (including phenoxy) is 1. The van der Waals surface area contributed by atoms with Gasteiger partial charge in [0.2, 0.25) is 0 Å². The van der Waals surface area contributed by atoms with Crippen molar-refractivity contribution in [2.24, 2.45) is 11.8 Å². The Labute approximate surface area is 211 Å². The molecule has 6 nitrogen and oxygen atoms in total. The van der Waals surface area contributed by atoms with Crippen LogP contribution in [0.25, 0.3) is 10.9 Å². The number of nitrogens with zero attached hydrogens (tertiary/aromatic N) is 2. The summed E-state index contributed by atoms with van der Waals surface area (Å²) >= 11 is 1.84. The van der Waals surface area contributed by atoms with Gasteiger partial charge in [0.25, 0.3) is 0 Å². The summed E-state index contributed by atoms with van der Waals surface area (Å²) in [5, 5.41) is 21.5. The molecule has 186 valence electrons. The Hall–Kier alpha value is -2.61. The maximum atomic E-state index is 11.6. The van der Waals surface area contributed by atoms with Gasteiger partial charge in [0.15, 0.2) is 0 Å². The van der Waals surface area contributed by atoms with E-state index in [4.69, 9.17) is 4.74 Å². The van der Waals surface area contributed by atoms with Crippen molar-refractivity contribution >= 4 is 28.6 Å². The molecular weight excluding hydrogens is 460 g/mol. The molecule has 7 heteroatoms. The summed E-state index contributed by atoms with van der Waals surface area (Å²) in [5.41, 5.74) is 1.67. The van der Waals surface area contributed by atoms with Crippen LogP contribution >= 0.6 is 11.8 Å². The number of benzene rings is 2. The lowest BCUT2D eigenvalue weighted by atomic mass is 9.79. The average Bonchev–Trinajstić information content (AvgIpc) is 2.87. The quantitative estimate of drug-likeness (QED) is 0.352. The third-order valence-electron chi connectivity index (χ3n) is 6.98. The summed E-state index contributed by atoms with van der Waals surface area (Å²) in [4.78, 5) is 19.7. The minimum atomic E-state index is -0.742. The highest BCUT2D eigenvalue weighted by Crippen LogP contribution is 2.35. The van der Waals surface area contributed by atoms with Crippen LogP contribution in [-0.4, -0.2) is 58.6 Å². The Morgan fingerprint density at radius 1 is 1.20 bits per heavy atom. The molecule has 2 heterocycles. The zero-order valence-corrected chi connectivity index (χ0v) is 21.0. The van der Waals surface area contributed by atoms with Gasteiger partial charge in [-0.1, -0.05) is 18.2 Å². The van der Waals surface area contributed by atoms with Crippen LogP contribution in [0.15, 0.2) is 65.7 Å². The number of likely N-dealkylation sites (tertiary alicyclic amines) is 1. The molecule has 1 saturated heterocycles. The largest absolute Gasteiger partial charge is 0.497 e. The van der Waals surface area contributed by atoms with Gasteiger partial charge in [-0.3, -0.25) is 9.78 Å². The Morgan fingerprint density at radius 3 is 2.80 bits per heavy atom. The van der Waals surface area contributed by atoms with Crippen LogP contribution in [0, 0.1) is 11.8 Å². The van der Waals surface area contributed by atoms with Crippen molar-refractivity contribution in [3.8, 4) is 5.75 Å². The number of hydrogen-bond donors (Lipinski definition) is 2. The molecule has 0 spiro atoms. The third-order valence-corrected chi connectivity index (χ3v) is 7.98. The van der Waals surface area contributed by atoms with Gasteiger partial charge >= 0.3 is 5.97 Å². The number of rotatable bonds is 11. The highest BCUT2D eigenvalue weighted by atomic mass is 32.2. The first kappa shape index (κ1) is 25.5. The van der Waals surface area contributed by atoms with Crippen molar-refractivity contribution < 1.29 is 19.7 Å². The van der Waals surface area contributed by atoms with Crippen LogP contribution in [-0.2, 0) is 4.79 Å². The van der Waals surface area contributed by atoms with Crippen molar-refractivity contribution in [2.45, 2.75) is 36.7 Å². The normalized spacial score (nSPS) is 19.5. The van der Waals surface area contributed by atoms with Gasteiger partial charge in [-0.15, -0.1) is 11.8 Å². The summed E-state index contributed by atoms with van der Waals surface area (Å²) in [6.07, 6.45) is 3.65. The third kappa shape index (κ3) is 6.97. The van der Waals surface area contributed by atoms with E-state index in [0.717, 1.165) is 60.4 Å². The molecule has 35 heavy (non-hydrogen) atoms. The minimum absolute atomic E-state index is 0.101. The number of hydrogen-bond acceptors (Lipinski definition) is 6. The van der Waals surface area contributed by atoms with E-state index in [0.29, 0.717) is 12.3 Å². The van der Waals surface area contributed by atoms with E-state index in [2.05, 4.69) is 34.1 Å². The van der Waals surface area contributed by atoms with Crippen LogP contribution in [0.4, 0.5) is 0 Å². The number of thioether (sulfide) groups is 1. The Balaban J connectivity index is 1.35. The lowest BCUT2D eigenvalue weighted by Crippen LogP contribution is -2.42. The molecule has 0 bridgehead atoms. The van der Waals surface area contributed by atoms with Crippen molar-refractivity contribution in [3.63, 3.8) is 0 Å². The van der Waals surface area contributed by atoms with E-state index in [1.54, 1.807) is 13.3 Å². The number of aromatic nitrogens is 1. The molecule has 4 rings (SSSR count). The summed E-state index contributed by atoms with van der Waals surface area (Å²) < 4.78 is 5.36. The summed E-state index contributed by atoms with van der Waals surface area (Å²) in [6.45, 7) is 2.73. The van der Waals surface area contributed by atoms with Crippen LogP contribution in [0.3, 0.4) is 0 Å². The number of aliphatic hydroxyl groups is 1. The van der Waals surface area contributed by atoms with Gasteiger partial charge in [-0.05, 0) is 79.6 Å². The second-order valence-electron chi connectivity index (χ2n) is 9.25. The van der Waals surface area contributed by atoms with Gasteiger partial charge in [-0.2, -0.15) is 0 Å². The number of aliphatic hydroxyl groups excluding tert-OH is 1. The lowest BCUT2D eigenvalue weighted by Gasteiger charge is -2.38. The van der Waals surface area contributed by atoms with E-state index in [1.165, 1.54) is 4.90 Å². The molecule has 3 atom stereocenters. The van der Waals surface area contributed by atoms with Crippen molar-refractivity contribution in [1.29, 1.82) is 0 Å². The number of pyridine rings is 1. The SMILES string of the molecule is COc1ccc2nccc([C@@H](O)CC[C@@H]3CCN(CCSc4ccccc4)C[C@@H]3CC(=O)O)c2c1. The summed E-state index contributed by atoms with van der Waals surface area (Å²) in [6, 6.07) is 17.9. The first-order valence-corrected chi connectivity index (χ1v) is 13.2. The summed E-state index contributed by atoms with van der Waals surface area (Å²) in [7, 11) is 1.63. The first-order valence-electron chi connectivity index (χ1n) is 12.3. The van der Waals surface area contributed by atoms with Crippen LogP contribution in [0.2, 0.25) is 0 Å². The number of fused-ring (bicyclic) bond motifs is 1. The van der Waals surface area contributed by atoms with Crippen molar-refractivity contribution in [3.05, 3.63) is 66.4 Å². The standard InChI is InChI=1S/C28H34N2O4S/c1-34-22-8-9-26-25(18-22)24(11-13-29-26)27(31)10-7-20-12-14-30(19-21(20)17-28(32)33)15-16-35-23-5-3-2-4-6-23/h2-6,8-9,11,13,18,20-21,27,31H,7,10,12,14-17,19H2,1H3,(H,32,33)/t20-,21+,27+/m1/s1. The number of carboxylic acid groups (broad SMARTS) is 1. The Morgan fingerprint density at radius 2 is 2.03 bits per heavy atom. The number of carboxylic acids is 1. The molecular formula is C28H34N2O4S. The number of aliphatic carboxylic acids is 1. The molecule has 2 N–H and O–H groups in total. The van der Waals surface area contributed by atoms with Crippen LogP contribution < -0.4 is 4.74 Å². The predicted molar refractivity (Wildman–Crippen MR) is 140 cm³/mol. The van der Waals surface area contributed by atoms with Crippen LogP contribution in [0.1, 0.15) is 37.4 Å². The van der Waals surface area contributed by atoms with E-state index in [9.17, 15) is 15.0 Å². The highest BCUT2D eigenvalue weighted by molar-refractivity contribution is 7.99. The molecule has 3 aromatic rings. The zero-order valence-electron chi connectivity index (χ0n) is 20.2. The lowest BCUT2D eigenvalue weighted by molar-refractivity contribution is -0.139. The number of piperidine rings is 1. The van der Waals surface area contributed by atoms with Crippen LogP contribution in [0.5, 0.6) is 5.75 Å².